The normalized spacial score (nSPS) is 24.6. The second-order valence-corrected chi connectivity index (χ2v) is 5.28. The van der Waals surface area contributed by atoms with E-state index < -0.39 is 0 Å². The first-order valence-corrected chi connectivity index (χ1v) is 6.97. The van der Waals surface area contributed by atoms with Gasteiger partial charge in [-0.2, -0.15) is 0 Å². The largest absolute Gasteiger partial charge is 0.486 e. The van der Waals surface area contributed by atoms with E-state index in [2.05, 4.69) is 23.5 Å². The number of hydrogen-bond donors (Lipinski definition) is 1. The van der Waals surface area contributed by atoms with Crippen LogP contribution in [0.1, 0.15) is 24.8 Å². The van der Waals surface area contributed by atoms with E-state index in [1.807, 2.05) is 6.07 Å². The quantitative estimate of drug-likeness (QED) is 0.884. The van der Waals surface area contributed by atoms with E-state index in [1.165, 1.54) is 31.4 Å². The molecule has 0 radical (unpaired) electrons. The molecule has 2 fully saturated rings. The fourth-order valence-corrected chi connectivity index (χ4v) is 2.60. The van der Waals surface area contributed by atoms with Crippen LogP contribution in [-0.2, 0) is 11.2 Å². The molecule has 18 heavy (non-hydrogen) atoms. The van der Waals surface area contributed by atoms with Crippen molar-refractivity contribution in [1.82, 2.24) is 5.32 Å². The summed E-state index contributed by atoms with van der Waals surface area (Å²) in [4.78, 5) is 0. The Balaban J connectivity index is 1.58. The molecule has 3 nitrogen and oxygen atoms in total. The maximum atomic E-state index is 5.83. The summed E-state index contributed by atoms with van der Waals surface area (Å²) in [5, 5.41) is 3.59. The van der Waals surface area contributed by atoms with Crippen molar-refractivity contribution in [2.75, 3.05) is 19.8 Å². The maximum absolute atomic E-state index is 5.83. The molecule has 1 N–H and O–H groups in total. The molecule has 1 unspecified atom stereocenters. The van der Waals surface area contributed by atoms with Crippen molar-refractivity contribution < 1.29 is 9.47 Å². The summed E-state index contributed by atoms with van der Waals surface area (Å²) in [7, 11) is 0. The summed E-state index contributed by atoms with van der Waals surface area (Å²) in [5.41, 5.74) is 1.37. The molecular weight excluding hydrogens is 226 g/mol. The lowest BCUT2D eigenvalue weighted by atomic mass is 9.98. The average molecular weight is 247 g/mol. The Morgan fingerprint density at radius 1 is 1.28 bits per heavy atom. The molecule has 0 amide bonds. The van der Waals surface area contributed by atoms with E-state index in [-0.39, 0.29) is 6.10 Å². The third-order valence-electron chi connectivity index (χ3n) is 3.70. The second-order valence-electron chi connectivity index (χ2n) is 5.28. The van der Waals surface area contributed by atoms with Crippen LogP contribution in [-0.4, -0.2) is 31.9 Å². The summed E-state index contributed by atoms with van der Waals surface area (Å²) in [6, 6.07) is 9.14. The minimum Gasteiger partial charge on any atom is -0.486 e. The Morgan fingerprint density at radius 2 is 2.22 bits per heavy atom. The van der Waals surface area contributed by atoms with Crippen LogP contribution in [0.15, 0.2) is 24.3 Å². The molecule has 0 spiro atoms. The molecule has 1 atom stereocenters. The molecular formula is C15H21NO2. The minimum absolute atomic E-state index is 0.257. The molecule has 2 aliphatic rings. The summed E-state index contributed by atoms with van der Waals surface area (Å²) in [6.45, 7) is 2.63. The Morgan fingerprint density at radius 3 is 2.94 bits per heavy atom. The highest BCUT2D eigenvalue weighted by Gasteiger charge is 2.20. The summed E-state index contributed by atoms with van der Waals surface area (Å²) in [5.74, 6) is 0.983. The molecule has 3 rings (SSSR count). The molecule has 98 valence electrons. The molecule has 2 aliphatic heterocycles. The van der Waals surface area contributed by atoms with Crippen molar-refractivity contribution in [3.63, 3.8) is 0 Å². The van der Waals surface area contributed by atoms with Crippen molar-refractivity contribution in [3.8, 4) is 5.75 Å². The Labute approximate surface area is 108 Å². The molecule has 0 bridgehead atoms. The molecule has 0 aliphatic carbocycles. The van der Waals surface area contributed by atoms with Gasteiger partial charge in [-0.15, -0.1) is 0 Å². The van der Waals surface area contributed by atoms with E-state index in [0.717, 1.165) is 25.4 Å². The zero-order valence-corrected chi connectivity index (χ0v) is 10.7. The van der Waals surface area contributed by atoms with Crippen molar-refractivity contribution in [2.24, 2.45) is 0 Å². The molecule has 3 heteroatoms. The van der Waals surface area contributed by atoms with Gasteiger partial charge in [-0.05, 0) is 43.5 Å². The Bertz CT molecular complexity index is 384. The van der Waals surface area contributed by atoms with Crippen molar-refractivity contribution in [1.29, 1.82) is 0 Å². The lowest BCUT2D eigenvalue weighted by Gasteiger charge is -2.27. The number of ether oxygens (including phenoxy) is 2. The highest BCUT2D eigenvalue weighted by atomic mass is 16.6. The van der Waals surface area contributed by atoms with Gasteiger partial charge >= 0.3 is 0 Å². The standard InChI is InChI=1S/C15H21NO2/c1-2-7-16-13(5-1)8-12-4-3-6-14(9-12)18-15-10-17-11-15/h3-4,6,9,13,15-16H,1-2,5,7-8,10-11H2. The zero-order valence-electron chi connectivity index (χ0n) is 10.7. The lowest BCUT2D eigenvalue weighted by Crippen LogP contribution is -2.38. The van der Waals surface area contributed by atoms with Crippen molar-refractivity contribution >= 4 is 0 Å². The van der Waals surface area contributed by atoms with E-state index in [4.69, 9.17) is 9.47 Å². The number of hydrogen-bond acceptors (Lipinski definition) is 3. The average Bonchev–Trinajstić information content (AvgIpc) is 2.36. The fourth-order valence-electron chi connectivity index (χ4n) is 2.60. The van der Waals surface area contributed by atoms with Gasteiger partial charge in [-0.1, -0.05) is 18.6 Å². The molecule has 0 aromatic heterocycles. The van der Waals surface area contributed by atoms with Gasteiger partial charge in [0.15, 0.2) is 0 Å². The topological polar surface area (TPSA) is 30.5 Å². The van der Waals surface area contributed by atoms with Gasteiger partial charge in [0.25, 0.3) is 0 Å². The highest BCUT2D eigenvalue weighted by Crippen LogP contribution is 2.20. The van der Waals surface area contributed by atoms with Gasteiger partial charge in [0.05, 0.1) is 13.2 Å². The Kier molecular flexibility index (Phi) is 3.81. The van der Waals surface area contributed by atoms with Crippen LogP contribution in [0.2, 0.25) is 0 Å². The first kappa shape index (κ1) is 12.0. The van der Waals surface area contributed by atoms with Crippen LogP contribution in [0.3, 0.4) is 0 Å². The summed E-state index contributed by atoms with van der Waals surface area (Å²) < 4.78 is 11.0. The summed E-state index contributed by atoms with van der Waals surface area (Å²) >= 11 is 0. The van der Waals surface area contributed by atoms with Crippen molar-refractivity contribution in [3.05, 3.63) is 29.8 Å². The predicted molar refractivity (Wildman–Crippen MR) is 71.0 cm³/mol. The van der Waals surface area contributed by atoms with Crippen molar-refractivity contribution in [2.45, 2.75) is 37.8 Å². The van der Waals surface area contributed by atoms with Gasteiger partial charge in [0.2, 0.25) is 0 Å². The fraction of sp³-hybridized carbons (Fsp3) is 0.600. The van der Waals surface area contributed by atoms with E-state index >= 15 is 0 Å². The van der Waals surface area contributed by atoms with Gasteiger partial charge in [0.1, 0.15) is 11.9 Å². The number of nitrogens with one attached hydrogen (secondary N) is 1. The van der Waals surface area contributed by atoms with E-state index in [9.17, 15) is 0 Å². The van der Waals surface area contributed by atoms with Gasteiger partial charge in [-0.3, -0.25) is 0 Å². The van der Waals surface area contributed by atoms with E-state index in [0.29, 0.717) is 6.04 Å². The number of benzene rings is 1. The second kappa shape index (κ2) is 5.72. The van der Waals surface area contributed by atoms with Crippen LogP contribution in [0.4, 0.5) is 0 Å². The van der Waals surface area contributed by atoms with Crippen LogP contribution < -0.4 is 10.1 Å². The number of rotatable bonds is 4. The smallest absolute Gasteiger partial charge is 0.145 e. The van der Waals surface area contributed by atoms with Gasteiger partial charge < -0.3 is 14.8 Å². The van der Waals surface area contributed by atoms with Gasteiger partial charge in [-0.25, -0.2) is 0 Å². The van der Waals surface area contributed by atoms with Crippen LogP contribution in [0.25, 0.3) is 0 Å². The maximum Gasteiger partial charge on any atom is 0.145 e. The monoisotopic (exact) mass is 247 g/mol. The van der Waals surface area contributed by atoms with Crippen LogP contribution >= 0.6 is 0 Å². The molecule has 0 saturated carbocycles. The minimum atomic E-state index is 0.257. The third-order valence-corrected chi connectivity index (χ3v) is 3.70. The molecule has 2 saturated heterocycles. The number of piperidine rings is 1. The lowest BCUT2D eigenvalue weighted by molar-refractivity contribution is -0.0797. The van der Waals surface area contributed by atoms with Crippen LogP contribution in [0.5, 0.6) is 5.75 Å². The molecule has 2 heterocycles. The first-order chi connectivity index (χ1) is 8.90. The molecule has 1 aromatic carbocycles. The predicted octanol–water partition coefficient (Wildman–Crippen LogP) is 2.15. The summed E-state index contributed by atoms with van der Waals surface area (Å²) in [6.07, 6.45) is 5.34. The Hall–Kier alpha value is -1.06. The third kappa shape index (κ3) is 3.03. The van der Waals surface area contributed by atoms with Gasteiger partial charge in [0, 0.05) is 6.04 Å². The molecule has 1 aromatic rings. The SMILES string of the molecule is c1cc(CC2CCCCN2)cc(OC2COC2)c1. The highest BCUT2D eigenvalue weighted by molar-refractivity contribution is 5.29. The first-order valence-electron chi connectivity index (χ1n) is 6.97. The van der Waals surface area contributed by atoms with E-state index in [1.54, 1.807) is 0 Å². The zero-order chi connectivity index (χ0) is 12.2. The van der Waals surface area contributed by atoms with Crippen LogP contribution in [0, 0.1) is 0 Å².